The SMILES string of the molecule is CC(C)c1cccc2c1CCN(C(=O)Nc1ccc(C#N)cn1)C2. The molecule has 2 aromatic rings. The zero-order chi connectivity index (χ0) is 17.1. The maximum Gasteiger partial charge on any atom is 0.323 e. The van der Waals surface area contributed by atoms with Gasteiger partial charge in [0.2, 0.25) is 0 Å². The predicted molar refractivity (Wildman–Crippen MR) is 92.6 cm³/mol. The molecule has 1 aliphatic heterocycles. The number of benzene rings is 1. The van der Waals surface area contributed by atoms with Crippen molar-refractivity contribution >= 4 is 11.8 Å². The molecule has 0 saturated heterocycles. The number of pyridine rings is 1. The monoisotopic (exact) mass is 320 g/mol. The summed E-state index contributed by atoms with van der Waals surface area (Å²) in [6, 6.07) is 11.5. The molecule has 1 aliphatic rings. The number of nitrogens with zero attached hydrogens (tertiary/aromatic N) is 3. The molecule has 0 bridgehead atoms. The van der Waals surface area contributed by atoms with E-state index < -0.39 is 0 Å². The fraction of sp³-hybridized carbons (Fsp3) is 0.316. The molecule has 0 atom stereocenters. The van der Waals surface area contributed by atoms with E-state index in [0.717, 1.165) is 6.42 Å². The lowest BCUT2D eigenvalue weighted by molar-refractivity contribution is 0.206. The summed E-state index contributed by atoms with van der Waals surface area (Å²) in [5.41, 5.74) is 4.45. The van der Waals surface area contributed by atoms with Gasteiger partial charge in [0.15, 0.2) is 0 Å². The van der Waals surface area contributed by atoms with Crippen LogP contribution in [0.15, 0.2) is 36.5 Å². The third-order valence-electron chi connectivity index (χ3n) is 4.34. The van der Waals surface area contributed by atoms with Crippen LogP contribution in [0, 0.1) is 11.3 Å². The molecular weight excluding hydrogens is 300 g/mol. The first kappa shape index (κ1) is 16.0. The number of hydrogen-bond donors (Lipinski definition) is 1. The first-order chi connectivity index (χ1) is 11.6. The van der Waals surface area contributed by atoms with Crippen molar-refractivity contribution < 1.29 is 4.79 Å². The number of amides is 2. The standard InChI is InChI=1S/C19H20N4O/c1-13(2)16-5-3-4-15-12-23(9-8-17(15)16)19(24)22-18-7-6-14(10-20)11-21-18/h3-7,11,13H,8-9,12H2,1-2H3,(H,21,22,24). The molecule has 2 heterocycles. The topological polar surface area (TPSA) is 69.0 Å². The second-order valence-corrected chi connectivity index (χ2v) is 6.29. The van der Waals surface area contributed by atoms with Gasteiger partial charge in [0.1, 0.15) is 11.9 Å². The Morgan fingerprint density at radius 3 is 2.83 bits per heavy atom. The third kappa shape index (κ3) is 3.23. The molecule has 0 unspecified atom stereocenters. The van der Waals surface area contributed by atoms with Crippen molar-refractivity contribution in [1.82, 2.24) is 9.88 Å². The van der Waals surface area contributed by atoms with Gasteiger partial charge in [0.05, 0.1) is 5.56 Å². The van der Waals surface area contributed by atoms with Crippen LogP contribution in [0.2, 0.25) is 0 Å². The highest BCUT2D eigenvalue weighted by molar-refractivity contribution is 5.88. The Morgan fingerprint density at radius 1 is 1.33 bits per heavy atom. The maximum absolute atomic E-state index is 12.5. The minimum atomic E-state index is -0.159. The maximum atomic E-state index is 12.5. The molecule has 1 aromatic carbocycles. The van der Waals surface area contributed by atoms with Crippen LogP contribution >= 0.6 is 0 Å². The van der Waals surface area contributed by atoms with Crippen molar-refractivity contribution in [3.8, 4) is 6.07 Å². The van der Waals surface area contributed by atoms with Gasteiger partial charge in [-0.3, -0.25) is 5.32 Å². The van der Waals surface area contributed by atoms with Gasteiger partial charge in [-0.1, -0.05) is 32.0 Å². The molecule has 0 radical (unpaired) electrons. The summed E-state index contributed by atoms with van der Waals surface area (Å²) < 4.78 is 0. The van der Waals surface area contributed by atoms with Crippen molar-refractivity contribution in [2.24, 2.45) is 0 Å². The molecule has 1 aromatic heterocycles. The van der Waals surface area contributed by atoms with E-state index >= 15 is 0 Å². The number of nitrogens with one attached hydrogen (secondary N) is 1. The van der Waals surface area contributed by atoms with E-state index in [1.165, 1.54) is 22.9 Å². The second kappa shape index (κ2) is 6.71. The van der Waals surface area contributed by atoms with Crippen LogP contribution in [0.25, 0.3) is 0 Å². The minimum Gasteiger partial charge on any atom is -0.320 e. The van der Waals surface area contributed by atoms with Crippen LogP contribution in [0.1, 0.15) is 42.0 Å². The Hall–Kier alpha value is -2.87. The van der Waals surface area contributed by atoms with Crippen LogP contribution in [0.5, 0.6) is 0 Å². The summed E-state index contributed by atoms with van der Waals surface area (Å²) in [6.45, 7) is 5.70. The zero-order valence-electron chi connectivity index (χ0n) is 13.9. The van der Waals surface area contributed by atoms with Crippen LogP contribution in [0.3, 0.4) is 0 Å². The molecule has 0 spiro atoms. The Kier molecular flexibility index (Phi) is 4.48. The number of anilines is 1. The number of rotatable bonds is 2. The molecule has 0 aliphatic carbocycles. The molecule has 122 valence electrons. The predicted octanol–water partition coefficient (Wildman–Crippen LogP) is 3.67. The molecule has 5 nitrogen and oxygen atoms in total. The van der Waals surface area contributed by atoms with E-state index in [4.69, 9.17) is 5.26 Å². The number of carbonyl (C=O) groups excluding carboxylic acids is 1. The Bertz CT molecular complexity index is 790. The second-order valence-electron chi connectivity index (χ2n) is 6.29. The lowest BCUT2D eigenvalue weighted by Crippen LogP contribution is -2.39. The average molecular weight is 320 g/mol. The molecule has 24 heavy (non-hydrogen) atoms. The molecule has 5 heteroatoms. The Morgan fingerprint density at radius 2 is 2.17 bits per heavy atom. The summed E-state index contributed by atoms with van der Waals surface area (Å²) in [5.74, 6) is 0.948. The lowest BCUT2D eigenvalue weighted by atomic mass is 9.89. The van der Waals surface area contributed by atoms with Gasteiger partial charge in [-0.15, -0.1) is 0 Å². The number of hydrogen-bond acceptors (Lipinski definition) is 3. The van der Waals surface area contributed by atoms with Crippen molar-refractivity contribution in [2.45, 2.75) is 32.7 Å². The quantitative estimate of drug-likeness (QED) is 0.918. The highest BCUT2D eigenvalue weighted by Gasteiger charge is 2.23. The van der Waals surface area contributed by atoms with Gasteiger partial charge in [0, 0.05) is 19.3 Å². The van der Waals surface area contributed by atoms with Gasteiger partial charge in [-0.2, -0.15) is 5.26 Å². The minimum absolute atomic E-state index is 0.159. The summed E-state index contributed by atoms with van der Waals surface area (Å²) in [7, 11) is 0. The Balaban J connectivity index is 1.72. The van der Waals surface area contributed by atoms with Crippen molar-refractivity contribution in [2.75, 3.05) is 11.9 Å². The molecule has 3 rings (SSSR count). The molecule has 0 fully saturated rings. The molecule has 0 saturated carbocycles. The first-order valence-corrected chi connectivity index (χ1v) is 8.11. The van der Waals surface area contributed by atoms with Crippen LogP contribution in [-0.2, 0) is 13.0 Å². The normalized spacial score (nSPS) is 13.3. The first-order valence-electron chi connectivity index (χ1n) is 8.11. The fourth-order valence-electron chi connectivity index (χ4n) is 3.08. The Labute approximate surface area is 141 Å². The van der Waals surface area contributed by atoms with Crippen LogP contribution in [0.4, 0.5) is 10.6 Å². The van der Waals surface area contributed by atoms with E-state index in [2.05, 4.69) is 42.3 Å². The van der Waals surface area contributed by atoms with Gasteiger partial charge in [0.25, 0.3) is 0 Å². The van der Waals surface area contributed by atoms with Gasteiger partial charge < -0.3 is 4.90 Å². The summed E-state index contributed by atoms with van der Waals surface area (Å²) in [4.78, 5) is 18.3. The van der Waals surface area contributed by atoms with E-state index in [1.54, 1.807) is 17.0 Å². The number of urea groups is 1. The van der Waals surface area contributed by atoms with Crippen LogP contribution < -0.4 is 5.32 Å². The number of fused-ring (bicyclic) bond motifs is 1. The molecule has 1 N–H and O–H groups in total. The molecular formula is C19H20N4O. The summed E-state index contributed by atoms with van der Waals surface area (Å²) in [6.07, 6.45) is 2.33. The van der Waals surface area contributed by atoms with Crippen LogP contribution in [-0.4, -0.2) is 22.5 Å². The highest BCUT2D eigenvalue weighted by atomic mass is 16.2. The van der Waals surface area contributed by atoms with Gasteiger partial charge in [-0.25, -0.2) is 9.78 Å². The number of aromatic nitrogens is 1. The number of carbonyl (C=O) groups is 1. The summed E-state index contributed by atoms with van der Waals surface area (Å²) >= 11 is 0. The van der Waals surface area contributed by atoms with E-state index in [0.29, 0.717) is 30.4 Å². The van der Waals surface area contributed by atoms with Gasteiger partial charge >= 0.3 is 6.03 Å². The lowest BCUT2D eigenvalue weighted by Gasteiger charge is -2.30. The summed E-state index contributed by atoms with van der Waals surface area (Å²) in [5, 5.41) is 11.6. The average Bonchev–Trinajstić information content (AvgIpc) is 2.61. The van der Waals surface area contributed by atoms with Gasteiger partial charge in [-0.05, 0) is 41.2 Å². The molecule has 2 amide bonds. The third-order valence-corrected chi connectivity index (χ3v) is 4.34. The highest BCUT2D eigenvalue weighted by Crippen LogP contribution is 2.27. The van der Waals surface area contributed by atoms with E-state index in [9.17, 15) is 4.79 Å². The van der Waals surface area contributed by atoms with Crippen molar-refractivity contribution in [3.05, 3.63) is 58.8 Å². The van der Waals surface area contributed by atoms with Crippen molar-refractivity contribution in [1.29, 1.82) is 5.26 Å². The zero-order valence-corrected chi connectivity index (χ0v) is 13.9. The van der Waals surface area contributed by atoms with E-state index in [-0.39, 0.29) is 6.03 Å². The fourth-order valence-corrected chi connectivity index (χ4v) is 3.08. The number of nitriles is 1. The largest absolute Gasteiger partial charge is 0.323 e. The van der Waals surface area contributed by atoms with E-state index in [1.807, 2.05) is 6.07 Å². The smallest absolute Gasteiger partial charge is 0.320 e. The van der Waals surface area contributed by atoms with Crippen molar-refractivity contribution in [3.63, 3.8) is 0 Å².